The molecule has 0 saturated carbocycles. The first-order valence-electron chi connectivity index (χ1n) is 11.1. The number of halogens is 1. The van der Waals surface area contributed by atoms with Crippen LogP contribution >= 0.6 is 27.9 Å². The van der Waals surface area contributed by atoms with Crippen LogP contribution in [-0.2, 0) is 0 Å². The second kappa shape index (κ2) is 11.8. The highest BCUT2D eigenvalue weighted by atomic mass is 79.9. The Labute approximate surface area is 216 Å². The molecule has 0 aliphatic carbocycles. The normalized spacial score (nSPS) is 15.7. The number of rotatable bonds is 10. The van der Waals surface area contributed by atoms with E-state index in [9.17, 15) is 0 Å². The molecular weight excluding hydrogens is 508 g/mol. The Morgan fingerprint density at radius 2 is 1.82 bits per heavy atom. The molecule has 0 fully saturated rings. The monoisotopic (exact) mass is 540 g/mol. The second-order valence-electron chi connectivity index (χ2n) is 9.18. The number of anilines is 1. The summed E-state index contributed by atoms with van der Waals surface area (Å²) in [4.78, 5) is 8.17. The number of hydrogen-bond acceptors (Lipinski definition) is 7. The van der Waals surface area contributed by atoms with Crippen molar-refractivity contribution >= 4 is 46.0 Å². The third kappa shape index (κ3) is 7.30. The summed E-state index contributed by atoms with van der Waals surface area (Å²) in [5.41, 5.74) is 3.04. The van der Waals surface area contributed by atoms with Gasteiger partial charge in [0.2, 0.25) is 0 Å². The zero-order valence-corrected chi connectivity index (χ0v) is 22.9. The lowest BCUT2D eigenvalue weighted by atomic mass is 9.93. The maximum Gasteiger partial charge on any atom is 0.166 e. The fourth-order valence-electron chi connectivity index (χ4n) is 3.69. The van der Waals surface area contributed by atoms with Crippen molar-refractivity contribution in [2.45, 2.75) is 25.7 Å². The van der Waals surface area contributed by atoms with Crippen molar-refractivity contribution in [1.29, 1.82) is 0 Å². The summed E-state index contributed by atoms with van der Waals surface area (Å²) in [5, 5.41) is 9.38. The van der Waals surface area contributed by atoms with E-state index in [0.717, 1.165) is 45.3 Å². The van der Waals surface area contributed by atoms with Gasteiger partial charge >= 0.3 is 0 Å². The molecule has 2 N–H and O–H groups in total. The lowest BCUT2D eigenvalue weighted by molar-refractivity contribution is 0.244. The molecule has 2 aromatic carbocycles. The molecule has 8 heteroatoms. The Bertz CT molecular complexity index is 1070. The minimum Gasteiger partial charge on any atom is -0.340 e. The van der Waals surface area contributed by atoms with Gasteiger partial charge in [-0.25, -0.2) is 4.99 Å². The van der Waals surface area contributed by atoms with Crippen LogP contribution in [0.2, 0.25) is 0 Å². The fraction of sp³-hybridized carbons (Fsp3) is 0.308. The predicted molar refractivity (Wildman–Crippen MR) is 150 cm³/mol. The van der Waals surface area contributed by atoms with Crippen LogP contribution in [0.4, 0.5) is 5.69 Å². The van der Waals surface area contributed by atoms with Crippen LogP contribution in [0.25, 0.3) is 0 Å². The molecule has 1 aliphatic heterocycles. The Morgan fingerprint density at radius 1 is 1.15 bits per heavy atom. The molecule has 180 valence electrons. The average molecular weight is 542 g/mol. The summed E-state index contributed by atoms with van der Waals surface area (Å²) in [5.74, 6) is 1.47. The van der Waals surface area contributed by atoms with Gasteiger partial charge in [-0.1, -0.05) is 60.1 Å². The number of nitrogens with one attached hydrogen (secondary N) is 2. The molecule has 0 saturated heterocycles. The first-order chi connectivity index (χ1) is 16.2. The minimum atomic E-state index is 0.198. The van der Waals surface area contributed by atoms with Gasteiger partial charge in [-0.3, -0.25) is 4.72 Å². The van der Waals surface area contributed by atoms with E-state index in [0.29, 0.717) is 5.82 Å². The second-order valence-corrected chi connectivity index (χ2v) is 11.3. The molecule has 0 atom stereocenters. The molecule has 0 radical (unpaired) electrons. The summed E-state index contributed by atoms with van der Waals surface area (Å²) < 4.78 is 4.38. The quantitative estimate of drug-likeness (QED) is 0.280. The van der Waals surface area contributed by atoms with Crippen molar-refractivity contribution < 1.29 is 0 Å². The molecule has 1 heterocycles. The number of aliphatic imine (C=N–C) groups is 1. The van der Waals surface area contributed by atoms with E-state index >= 15 is 0 Å². The third-order valence-electron chi connectivity index (χ3n) is 5.06. The molecule has 0 amide bonds. The molecule has 0 bridgehead atoms. The number of benzene rings is 2. The van der Waals surface area contributed by atoms with Crippen LogP contribution in [0.15, 0.2) is 91.8 Å². The first-order valence-corrected chi connectivity index (χ1v) is 12.7. The van der Waals surface area contributed by atoms with E-state index in [1.54, 1.807) is 17.0 Å². The summed E-state index contributed by atoms with van der Waals surface area (Å²) in [6, 6.07) is 18.4. The molecular formula is C26H33BrN6S. The van der Waals surface area contributed by atoms with Gasteiger partial charge in [0.05, 0.1) is 5.71 Å². The largest absolute Gasteiger partial charge is 0.340 e. The molecule has 0 unspecified atom stereocenters. The van der Waals surface area contributed by atoms with Gasteiger partial charge < -0.3 is 10.2 Å². The van der Waals surface area contributed by atoms with Crippen LogP contribution in [-0.4, -0.2) is 49.5 Å². The highest BCUT2D eigenvalue weighted by molar-refractivity contribution is 9.11. The van der Waals surface area contributed by atoms with Gasteiger partial charge in [0.15, 0.2) is 5.82 Å². The molecule has 6 nitrogen and oxygen atoms in total. The van der Waals surface area contributed by atoms with E-state index in [2.05, 4.69) is 94.9 Å². The van der Waals surface area contributed by atoms with Gasteiger partial charge in [-0.05, 0) is 62.6 Å². The summed E-state index contributed by atoms with van der Waals surface area (Å²) in [6.45, 7) is 12.2. The van der Waals surface area contributed by atoms with Crippen LogP contribution in [0.1, 0.15) is 26.3 Å². The number of hydrogen-bond donors (Lipinski definition) is 2. The Balaban J connectivity index is 1.73. The number of hydrazone groups is 1. The fourth-order valence-corrected chi connectivity index (χ4v) is 4.85. The summed E-state index contributed by atoms with van der Waals surface area (Å²) >= 11 is 5.22. The van der Waals surface area contributed by atoms with Crippen LogP contribution in [0, 0.1) is 5.41 Å². The maximum absolute atomic E-state index is 4.79. The van der Waals surface area contributed by atoms with Crippen LogP contribution in [0.3, 0.4) is 0 Å². The predicted octanol–water partition coefficient (Wildman–Crippen LogP) is 6.13. The lowest BCUT2D eigenvalue weighted by Gasteiger charge is -2.28. The Hall–Kier alpha value is -2.39. The standard InChI is InChI=1S/C26H33BrN6S/c1-19(27)25-31-23(20-10-8-7-9-11-20)16-24(33(25)28-4)30-21-12-14-22(15-13-21)34-29-17-26(2,3)18-32(5)6/h7-16,29-30H,4,17-18H2,1-3,5-6H3/b25-19+. The van der Waals surface area contributed by atoms with Gasteiger partial charge in [0.25, 0.3) is 0 Å². The minimum absolute atomic E-state index is 0.198. The molecule has 0 spiro atoms. The highest BCUT2D eigenvalue weighted by Gasteiger charge is 2.22. The number of nitrogens with zero attached hydrogens (tertiary/aromatic N) is 4. The molecule has 1 aliphatic rings. The Morgan fingerprint density at radius 3 is 2.41 bits per heavy atom. The zero-order valence-electron chi connectivity index (χ0n) is 20.5. The molecule has 2 aromatic rings. The van der Waals surface area contributed by atoms with E-state index < -0.39 is 0 Å². The van der Waals surface area contributed by atoms with Gasteiger partial charge in [-0.15, -0.1) is 0 Å². The summed E-state index contributed by atoms with van der Waals surface area (Å²) in [6.07, 6.45) is 1.99. The van der Waals surface area contributed by atoms with Crippen molar-refractivity contribution in [3.63, 3.8) is 0 Å². The molecule has 0 aromatic heterocycles. The van der Waals surface area contributed by atoms with Crippen molar-refractivity contribution in [3.05, 3.63) is 82.4 Å². The number of allylic oxidation sites excluding steroid dienone is 2. The maximum atomic E-state index is 4.79. The summed E-state index contributed by atoms with van der Waals surface area (Å²) in [7, 11) is 4.22. The van der Waals surface area contributed by atoms with E-state index in [1.807, 2.05) is 43.3 Å². The zero-order chi connectivity index (χ0) is 24.7. The SMILES string of the molecule is C=NN1C(Nc2ccc(SNCC(C)(C)CN(C)C)cc2)=CC(c2ccccc2)=N/C1=C(/C)Br. The van der Waals surface area contributed by atoms with Crippen LogP contribution < -0.4 is 10.0 Å². The van der Waals surface area contributed by atoms with Gasteiger partial charge in [-0.2, -0.15) is 10.1 Å². The van der Waals surface area contributed by atoms with E-state index in [-0.39, 0.29) is 5.41 Å². The Kier molecular flexibility index (Phi) is 9.13. The van der Waals surface area contributed by atoms with Crippen molar-refractivity contribution in [2.24, 2.45) is 15.5 Å². The smallest absolute Gasteiger partial charge is 0.166 e. The van der Waals surface area contributed by atoms with E-state index in [4.69, 9.17) is 4.99 Å². The highest BCUT2D eigenvalue weighted by Crippen LogP contribution is 2.29. The molecule has 34 heavy (non-hydrogen) atoms. The van der Waals surface area contributed by atoms with Crippen molar-refractivity contribution in [2.75, 3.05) is 32.5 Å². The topological polar surface area (TPSA) is 55.3 Å². The molecule has 3 rings (SSSR count). The van der Waals surface area contributed by atoms with Crippen molar-refractivity contribution in [1.82, 2.24) is 14.6 Å². The van der Waals surface area contributed by atoms with Crippen molar-refractivity contribution in [3.8, 4) is 0 Å². The van der Waals surface area contributed by atoms with Gasteiger partial charge in [0.1, 0.15) is 5.82 Å². The first kappa shape index (κ1) is 26.2. The van der Waals surface area contributed by atoms with Crippen LogP contribution in [0.5, 0.6) is 0 Å². The van der Waals surface area contributed by atoms with E-state index in [1.165, 1.54) is 0 Å². The lowest BCUT2D eigenvalue weighted by Crippen LogP contribution is -2.35. The average Bonchev–Trinajstić information content (AvgIpc) is 2.79. The van der Waals surface area contributed by atoms with Gasteiger partial charge in [0, 0.05) is 46.5 Å². The third-order valence-corrected chi connectivity index (χ3v) is 6.21.